The van der Waals surface area contributed by atoms with Crippen LogP contribution in [0.5, 0.6) is 17.6 Å². The first-order chi connectivity index (χ1) is 13.0. The molecule has 142 valence electrons. The fourth-order valence-electron chi connectivity index (χ4n) is 2.43. The van der Waals surface area contributed by atoms with E-state index in [1.807, 2.05) is 24.3 Å². The summed E-state index contributed by atoms with van der Waals surface area (Å²) in [4.78, 5) is 15.7. The monoisotopic (exact) mass is 371 g/mol. The second-order valence-corrected chi connectivity index (χ2v) is 5.92. The van der Waals surface area contributed by atoms with Crippen molar-refractivity contribution in [3.05, 3.63) is 48.5 Å². The molecule has 3 aromatic rings. The Morgan fingerprint density at radius 3 is 2.56 bits per heavy atom. The maximum Gasteiger partial charge on any atom is 0.400 e. The highest BCUT2D eigenvalue weighted by molar-refractivity contribution is 5.72. The van der Waals surface area contributed by atoms with Gasteiger partial charge in [0.05, 0.1) is 13.0 Å². The second-order valence-electron chi connectivity index (χ2n) is 5.92. The highest BCUT2D eigenvalue weighted by Gasteiger charge is 2.20. The summed E-state index contributed by atoms with van der Waals surface area (Å²) in [7, 11) is 0. The Bertz CT molecular complexity index is 856. The molecule has 0 aliphatic carbocycles. The van der Waals surface area contributed by atoms with E-state index in [4.69, 9.17) is 18.6 Å². The van der Waals surface area contributed by atoms with Crippen molar-refractivity contribution in [2.24, 2.45) is 0 Å². The number of carbonyl (C=O) groups excluding carboxylic acids is 1. The summed E-state index contributed by atoms with van der Waals surface area (Å²) in [5.41, 5.74) is 1.37. The van der Waals surface area contributed by atoms with E-state index in [-0.39, 0.29) is 19.1 Å². The Labute approximate surface area is 156 Å². The molecular weight excluding hydrogens is 350 g/mol. The molecule has 1 aromatic heterocycles. The fourth-order valence-corrected chi connectivity index (χ4v) is 2.43. The molecule has 1 N–H and O–H groups in total. The Morgan fingerprint density at radius 2 is 1.85 bits per heavy atom. The van der Waals surface area contributed by atoms with Gasteiger partial charge in [-0.25, -0.2) is 0 Å². The molecule has 3 rings (SSSR count). The van der Waals surface area contributed by atoms with E-state index in [2.05, 4.69) is 4.98 Å². The molecule has 0 aliphatic rings. The molecule has 0 radical (unpaired) electrons. The Morgan fingerprint density at radius 1 is 1.15 bits per heavy atom. The molecule has 2 unspecified atom stereocenters. The normalized spacial score (nSPS) is 13.1. The molecule has 0 bridgehead atoms. The number of fused-ring (bicyclic) bond motifs is 1. The number of hydrogen-bond acceptors (Lipinski definition) is 7. The maximum atomic E-state index is 11.4. The van der Waals surface area contributed by atoms with Crippen molar-refractivity contribution in [2.45, 2.75) is 32.5 Å². The van der Waals surface area contributed by atoms with E-state index in [0.717, 1.165) is 5.52 Å². The number of aliphatic hydroxyl groups is 1. The van der Waals surface area contributed by atoms with Gasteiger partial charge in [0.15, 0.2) is 5.58 Å². The average molecular weight is 371 g/mol. The molecule has 2 aromatic carbocycles. The van der Waals surface area contributed by atoms with E-state index >= 15 is 0 Å². The van der Waals surface area contributed by atoms with Gasteiger partial charge in [0.1, 0.15) is 29.2 Å². The van der Waals surface area contributed by atoms with Gasteiger partial charge in [0.25, 0.3) is 0 Å². The standard InChI is InChI=1S/C20H21NO6/c1-3-24-19(23)12-17(22)13(2)25-14-8-10-15(11-9-14)26-20-21-16-6-4-5-7-18(16)27-20/h4-11,13,17,22H,3,12H2,1-2H3. The van der Waals surface area contributed by atoms with Crippen LogP contribution in [-0.4, -0.2) is 34.9 Å². The van der Waals surface area contributed by atoms with Gasteiger partial charge in [0, 0.05) is 0 Å². The highest BCUT2D eigenvalue weighted by Crippen LogP contribution is 2.27. The minimum Gasteiger partial charge on any atom is -0.488 e. The Kier molecular flexibility index (Phi) is 5.93. The number of esters is 1. The lowest BCUT2D eigenvalue weighted by atomic mass is 10.1. The van der Waals surface area contributed by atoms with Gasteiger partial charge in [-0.15, -0.1) is 0 Å². The molecule has 0 saturated heterocycles. The number of nitrogens with zero attached hydrogens (tertiary/aromatic N) is 1. The topological polar surface area (TPSA) is 91.0 Å². The van der Waals surface area contributed by atoms with Crippen LogP contribution in [-0.2, 0) is 9.53 Å². The third-order valence-corrected chi connectivity index (χ3v) is 3.85. The number of rotatable bonds is 8. The lowest BCUT2D eigenvalue weighted by molar-refractivity contribution is -0.146. The molecule has 7 nitrogen and oxygen atoms in total. The van der Waals surface area contributed by atoms with Gasteiger partial charge in [0.2, 0.25) is 0 Å². The summed E-state index contributed by atoms with van der Waals surface area (Å²) in [6, 6.07) is 14.2. The van der Waals surface area contributed by atoms with Crippen LogP contribution in [0.1, 0.15) is 20.3 Å². The minimum absolute atomic E-state index is 0.117. The smallest absolute Gasteiger partial charge is 0.400 e. The highest BCUT2D eigenvalue weighted by atomic mass is 16.6. The first kappa shape index (κ1) is 18.7. The van der Waals surface area contributed by atoms with Crippen molar-refractivity contribution < 1.29 is 28.5 Å². The van der Waals surface area contributed by atoms with Crippen molar-refractivity contribution in [1.29, 1.82) is 0 Å². The summed E-state index contributed by atoms with van der Waals surface area (Å²) in [6.07, 6.45) is -1.49. The number of oxazole rings is 1. The predicted octanol–water partition coefficient (Wildman–Crippen LogP) is 3.70. The Balaban J connectivity index is 1.57. The number of ether oxygens (including phenoxy) is 3. The zero-order valence-electron chi connectivity index (χ0n) is 15.1. The predicted molar refractivity (Wildman–Crippen MR) is 97.9 cm³/mol. The van der Waals surface area contributed by atoms with Gasteiger partial charge in [-0.3, -0.25) is 4.79 Å². The van der Waals surface area contributed by atoms with Gasteiger partial charge in [-0.1, -0.05) is 12.1 Å². The zero-order valence-corrected chi connectivity index (χ0v) is 15.1. The number of carbonyl (C=O) groups is 1. The summed E-state index contributed by atoms with van der Waals surface area (Å²) in [6.45, 7) is 3.68. The van der Waals surface area contributed by atoms with E-state index in [1.54, 1.807) is 38.1 Å². The van der Waals surface area contributed by atoms with Crippen molar-refractivity contribution in [1.82, 2.24) is 4.98 Å². The average Bonchev–Trinajstić information content (AvgIpc) is 3.05. The molecule has 7 heteroatoms. The van der Waals surface area contributed by atoms with Gasteiger partial charge < -0.3 is 23.7 Å². The number of hydrogen-bond donors (Lipinski definition) is 1. The molecule has 0 amide bonds. The van der Waals surface area contributed by atoms with E-state index in [1.165, 1.54) is 0 Å². The first-order valence-corrected chi connectivity index (χ1v) is 8.69. The zero-order chi connectivity index (χ0) is 19.2. The Hall–Kier alpha value is -3.06. The molecule has 0 saturated carbocycles. The van der Waals surface area contributed by atoms with Crippen LogP contribution < -0.4 is 9.47 Å². The molecule has 0 spiro atoms. The third-order valence-electron chi connectivity index (χ3n) is 3.85. The van der Waals surface area contributed by atoms with Gasteiger partial charge in [-0.2, -0.15) is 4.98 Å². The van der Waals surface area contributed by atoms with Crippen LogP contribution in [0.2, 0.25) is 0 Å². The molecule has 0 fully saturated rings. The molecule has 0 aliphatic heterocycles. The molecule has 1 heterocycles. The second kappa shape index (κ2) is 8.55. The quantitative estimate of drug-likeness (QED) is 0.604. The van der Waals surface area contributed by atoms with Crippen molar-refractivity contribution in [2.75, 3.05) is 6.61 Å². The molecule has 2 atom stereocenters. The van der Waals surface area contributed by atoms with Crippen LogP contribution in [0.3, 0.4) is 0 Å². The number of aliphatic hydroxyl groups excluding tert-OH is 1. The van der Waals surface area contributed by atoms with Crippen molar-refractivity contribution in [3.8, 4) is 17.6 Å². The summed E-state index contributed by atoms with van der Waals surface area (Å²) >= 11 is 0. The number of aromatic nitrogens is 1. The van der Waals surface area contributed by atoms with E-state index < -0.39 is 18.2 Å². The largest absolute Gasteiger partial charge is 0.488 e. The maximum absolute atomic E-state index is 11.4. The summed E-state index contributed by atoms with van der Waals surface area (Å²) in [5.74, 6) is 0.617. The molecular formula is C20H21NO6. The van der Waals surface area contributed by atoms with Crippen LogP contribution in [0.4, 0.5) is 0 Å². The summed E-state index contributed by atoms with van der Waals surface area (Å²) in [5, 5.41) is 10.0. The van der Waals surface area contributed by atoms with Crippen LogP contribution in [0.25, 0.3) is 11.1 Å². The summed E-state index contributed by atoms with van der Waals surface area (Å²) < 4.78 is 21.6. The SMILES string of the molecule is CCOC(=O)CC(O)C(C)Oc1ccc(Oc2nc3ccccc3o2)cc1. The molecule has 27 heavy (non-hydrogen) atoms. The van der Waals surface area contributed by atoms with Crippen LogP contribution in [0, 0.1) is 0 Å². The third kappa shape index (κ3) is 4.98. The number of benzene rings is 2. The minimum atomic E-state index is -0.959. The van der Waals surface area contributed by atoms with E-state index in [9.17, 15) is 9.90 Å². The van der Waals surface area contributed by atoms with E-state index in [0.29, 0.717) is 17.1 Å². The van der Waals surface area contributed by atoms with Crippen LogP contribution in [0.15, 0.2) is 52.9 Å². The fraction of sp³-hybridized carbons (Fsp3) is 0.300. The van der Waals surface area contributed by atoms with Gasteiger partial charge in [-0.05, 0) is 50.2 Å². The lowest BCUT2D eigenvalue weighted by Crippen LogP contribution is -2.31. The van der Waals surface area contributed by atoms with Crippen LogP contribution >= 0.6 is 0 Å². The van der Waals surface area contributed by atoms with Crippen molar-refractivity contribution in [3.63, 3.8) is 0 Å². The first-order valence-electron chi connectivity index (χ1n) is 8.69. The lowest BCUT2D eigenvalue weighted by Gasteiger charge is -2.20. The van der Waals surface area contributed by atoms with Crippen molar-refractivity contribution >= 4 is 17.1 Å². The number of para-hydroxylation sites is 2. The van der Waals surface area contributed by atoms with Gasteiger partial charge >= 0.3 is 12.0 Å².